The van der Waals surface area contributed by atoms with Crippen LogP contribution in [0.3, 0.4) is 0 Å². The summed E-state index contributed by atoms with van der Waals surface area (Å²) in [5.41, 5.74) is 9.84. The predicted molar refractivity (Wildman–Crippen MR) is 77.4 cm³/mol. The number of aromatic nitrogens is 2. The first-order chi connectivity index (χ1) is 9.60. The number of benzene rings is 1. The molecular formula is C16H21N3O. The molecule has 1 unspecified atom stereocenters. The molecule has 1 heterocycles. The molecule has 0 saturated heterocycles. The highest BCUT2D eigenvalue weighted by Gasteiger charge is 2.29. The van der Waals surface area contributed by atoms with Crippen molar-refractivity contribution < 1.29 is 4.52 Å². The second-order valence-corrected chi connectivity index (χ2v) is 5.98. The van der Waals surface area contributed by atoms with Crippen molar-refractivity contribution in [3.8, 4) is 0 Å². The lowest BCUT2D eigenvalue weighted by Crippen LogP contribution is -2.25. The van der Waals surface area contributed by atoms with Crippen molar-refractivity contribution in [3.05, 3.63) is 46.6 Å². The summed E-state index contributed by atoms with van der Waals surface area (Å²) in [7, 11) is 0. The Labute approximate surface area is 119 Å². The third-order valence-electron chi connectivity index (χ3n) is 3.79. The molecule has 1 fully saturated rings. The van der Waals surface area contributed by atoms with E-state index in [1.54, 1.807) is 0 Å². The summed E-state index contributed by atoms with van der Waals surface area (Å²) in [5, 5.41) is 4.06. The van der Waals surface area contributed by atoms with Crippen molar-refractivity contribution in [2.24, 2.45) is 11.7 Å². The summed E-state index contributed by atoms with van der Waals surface area (Å²) in [4.78, 5) is 4.46. The Kier molecular flexibility index (Phi) is 3.57. The van der Waals surface area contributed by atoms with Crippen LogP contribution in [-0.2, 0) is 12.8 Å². The topological polar surface area (TPSA) is 64.9 Å². The molecule has 0 bridgehead atoms. The van der Waals surface area contributed by atoms with E-state index in [2.05, 4.69) is 42.2 Å². The quantitative estimate of drug-likeness (QED) is 0.907. The van der Waals surface area contributed by atoms with Gasteiger partial charge < -0.3 is 10.3 Å². The second-order valence-electron chi connectivity index (χ2n) is 5.98. The van der Waals surface area contributed by atoms with Crippen LogP contribution in [0.25, 0.3) is 0 Å². The van der Waals surface area contributed by atoms with Gasteiger partial charge in [0.2, 0.25) is 5.89 Å². The molecule has 1 aromatic heterocycles. The van der Waals surface area contributed by atoms with Gasteiger partial charge in [-0.2, -0.15) is 4.98 Å². The van der Waals surface area contributed by atoms with Crippen LogP contribution in [0.2, 0.25) is 0 Å². The lowest BCUT2D eigenvalue weighted by Gasteiger charge is -2.04. The van der Waals surface area contributed by atoms with E-state index in [1.165, 1.54) is 29.5 Å². The van der Waals surface area contributed by atoms with Crippen LogP contribution in [0, 0.1) is 19.8 Å². The van der Waals surface area contributed by atoms with Gasteiger partial charge in [0.05, 0.1) is 0 Å². The van der Waals surface area contributed by atoms with E-state index in [0.29, 0.717) is 24.7 Å². The monoisotopic (exact) mass is 271 g/mol. The Morgan fingerprint density at radius 2 is 1.95 bits per heavy atom. The van der Waals surface area contributed by atoms with Gasteiger partial charge in [0.1, 0.15) is 0 Å². The molecule has 20 heavy (non-hydrogen) atoms. The molecule has 106 valence electrons. The molecule has 1 aliphatic carbocycles. The summed E-state index contributed by atoms with van der Waals surface area (Å²) >= 11 is 0. The first kappa shape index (κ1) is 13.3. The summed E-state index contributed by atoms with van der Waals surface area (Å²) < 4.78 is 5.30. The van der Waals surface area contributed by atoms with E-state index in [-0.39, 0.29) is 6.04 Å². The molecule has 0 amide bonds. The summed E-state index contributed by atoms with van der Waals surface area (Å²) in [6.45, 7) is 4.21. The van der Waals surface area contributed by atoms with E-state index < -0.39 is 0 Å². The summed E-state index contributed by atoms with van der Waals surface area (Å²) in [5.74, 6) is 2.07. The molecule has 0 aliphatic heterocycles. The number of nitrogens with two attached hydrogens (primary N) is 1. The lowest BCUT2D eigenvalue weighted by molar-refractivity contribution is 0.359. The predicted octanol–water partition coefficient (Wildman–Crippen LogP) is 2.56. The average molecular weight is 271 g/mol. The Morgan fingerprint density at radius 1 is 1.25 bits per heavy atom. The maximum Gasteiger partial charge on any atom is 0.228 e. The summed E-state index contributed by atoms with van der Waals surface area (Å²) in [6.07, 6.45) is 3.89. The van der Waals surface area contributed by atoms with E-state index in [9.17, 15) is 0 Å². The summed E-state index contributed by atoms with van der Waals surface area (Å²) in [6, 6.07) is 6.67. The number of rotatable bonds is 5. The van der Waals surface area contributed by atoms with Crippen LogP contribution in [-0.4, -0.2) is 16.2 Å². The van der Waals surface area contributed by atoms with Crippen LogP contribution in [0.1, 0.15) is 41.2 Å². The van der Waals surface area contributed by atoms with Crippen molar-refractivity contribution in [1.82, 2.24) is 10.1 Å². The largest absolute Gasteiger partial charge is 0.339 e. The lowest BCUT2D eigenvalue weighted by atomic mass is 10.0. The van der Waals surface area contributed by atoms with Crippen LogP contribution in [0.4, 0.5) is 0 Å². The molecule has 0 radical (unpaired) electrons. The molecule has 4 heteroatoms. The van der Waals surface area contributed by atoms with Gasteiger partial charge in [-0.05, 0) is 38.2 Å². The van der Waals surface area contributed by atoms with Gasteiger partial charge in [-0.25, -0.2) is 0 Å². The fourth-order valence-corrected chi connectivity index (χ4v) is 2.69. The van der Waals surface area contributed by atoms with E-state index >= 15 is 0 Å². The number of hydrogen-bond donors (Lipinski definition) is 1. The Balaban J connectivity index is 1.66. The smallest absolute Gasteiger partial charge is 0.228 e. The van der Waals surface area contributed by atoms with Gasteiger partial charge in [0.25, 0.3) is 0 Å². The zero-order valence-corrected chi connectivity index (χ0v) is 12.1. The zero-order valence-electron chi connectivity index (χ0n) is 12.1. The molecular weight excluding hydrogens is 250 g/mol. The van der Waals surface area contributed by atoms with Crippen LogP contribution in [0.15, 0.2) is 22.7 Å². The molecule has 0 spiro atoms. The SMILES string of the molecule is Cc1cc(C)cc(Cc2noc(CC(N)C3CC3)n2)c1. The molecule has 3 rings (SSSR count). The highest BCUT2D eigenvalue weighted by atomic mass is 16.5. The number of hydrogen-bond acceptors (Lipinski definition) is 4. The Morgan fingerprint density at radius 3 is 2.60 bits per heavy atom. The molecule has 4 nitrogen and oxygen atoms in total. The van der Waals surface area contributed by atoms with Crippen molar-refractivity contribution in [2.45, 2.75) is 45.6 Å². The Hall–Kier alpha value is -1.68. The first-order valence-electron chi connectivity index (χ1n) is 7.24. The second kappa shape index (κ2) is 5.37. The maximum absolute atomic E-state index is 6.08. The van der Waals surface area contributed by atoms with Crippen molar-refractivity contribution in [1.29, 1.82) is 0 Å². The van der Waals surface area contributed by atoms with Gasteiger partial charge >= 0.3 is 0 Å². The average Bonchev–Trinajstić information content (AvgIpc) is 3.12. The maximum atomic E-state index is 6.08. The normalized spacial score (nSPS) is 16.4. The van der Waals surface area contributed by atoms with Crippen molar-refractivity contribution >= 4 is 0 Å². The molecule has 2 aromatic rings. The Bertz CT molecular complexity index is 581. The van der Waals surface area contributed by atoms with E-state index in [4.69, 9.17) is 10.3 Å². The van der Waals surface area contributed by atoms with Crippen molar-refractivity contribution in [3.63, 3.8) is 0 Å². The van der Waals surface area contributed by atoms with E-state index in [0.717, 1.165) is 5.82 Å². The van der Waals surface area contributed by atoms with Gasteiger partial charge in [-0.3, -0.25) is 0 Å². The zero-order chi connectivity index (χ0) is 14.1. The fourth-order valence-electron chi connectivity index (χ4n) is 2.69. The highest BCUT2D eigenvalue weighted by Crippen LogP contribution is 2.32. The van der Waals surface area contributed by atoms with Gasteiger partial charge in [-0.15, -0.1) is 0 Å². The van der Waals surface area contributed by atoms with Gasteiger partial charge in [-0.1, -0.05) is 34.5 Å². The standard InChI is InChI=1S/C16H21N3O/c1-10-5-11(2)7-12(6-10)8-15-18-16(20-19-15)9-14(17)13-3-4-13/h5-7,13-14H,3-4,8-9,17H2,1-2H3. The third-order valence-corrected chi connectivity index (χ3v) is 3.79. The van der Waals surface area contributed by atoms with Crippen LogP contribution >= 0.6 is 0 Å². The minimum absolute atomic E-state index is 0.171. The van der Waals surface area contributed by atoms with Crippen LogP contribution in [0.5, 0.6) is 0 Å². The highest BCUT2D eigenvalue weighted by molar-refractivity contribution is 5.30. The van der Waals surface area contributed by atoms with Crippen LogP contribution < -0.4 is 5.73 Å². The third kappa shape index (κ3) is 3.25. The minimum Gasteiger partial charge on any atom is -0.339 e. The number of nitrogens with zero attached hydrogens (tertiary/aromatic N) is 2. The molecule has 2 N–H and O–H groups in total. The minimum atomic E-state index is 0.171. The molecule has 1 saturated carbocycles. The number of aryl methyl sites for hydroxylation is 2. The molecule has 1 aliphatic rings. The first-order valence-corrected chi connectivity index (χ1v) is 7.24. The molecule has 1 atom stereocenters. The molecule has 1 aromatic carbocycles. The van der Waals surface area contributed by atoms with Crippen molar-refractivity contribution in [2.75, 3.05) is 0 Å². The van der Waals surface area contributed by atoms with Gasteiger partial charge in [0, 0.05) is 18.9 Å². The fraction of sp³-hybridized carbons (Fsp3) is 0.500. The van der Waals surface area contributed by atoms with E-state index in [1.807, 2.05) is 0 Å². The van der Waals surface area contributed by atoms with Gasteiger partial charge in [0.15, 0.2) is 5.82 Å².